The van der Waals surface area contributed by atoms with E-state index in [0.29, 0.717) is 12.1 Å². The third-order valence-corrected chi connectivity index (χ3v) is 6.34. The Morgan fingerprint density at radius 3 is 2.25 bits per heavy atom. The molecule has 1 atom stereocenters. The number of hydrogen-bond donors (Lipinski definition) is 1. The van der Waals surface area contributed by atoms with Gasteiger partial charge < -0.3 is 19.3 Å². The first-order valence-electron chi connectivity index (χ1n) is 11.1. The molecule has 32 heavy (non-hydrogen) atoms. The van der Waals surface area contributed by atoms with E-state index in [2.05, 4.69) is 34.1 Å². The molecule has 1 N–H and O–H groups in total. The maximum absolute atomic E-state index is 13.4. The van der Waals surface area contributed by atoms with Crippen molar-refractivity contribution in [2.75, 3.05) is 38.2 Å². The summed E-state index contributed by atoms with van der Waals surface area (Å²) in [6, 6.07) is 19.6. The number of ether oxygens (including phenoxy) is 1. The molecular weight excluding hydrogens is 402 g/mol. The number of hydrogen-bond acceptors (Lipinski definition) is 5. The Morgan fingerprint density at radius 2 is 1.66 bits per heavy atom. The minimum atomic E-state index is -0.329. The molecule has 0 aliphatic carbocycles. The van der Waals surface area contributed by atoms with E-state index in [-0.39, 0.29) is 17.4 Å². The second kappa shape index (κ2) is 9.49. The third kappa shape index (κ3) is 4.23. The lowest BCUT2D eigenvalue weighted by atomic mass is 9.95. The van der Waals surface area contributed by atoms with Gasteiger partial charge >= 0.3 is 0 Å². The molecule has 1 aromatic heterocycles. The summed E-state index contributed by atoms with van der Waals surface area (Å²) in [5.74, 6) is 0.823. The Hall–Kier alpha value is -3.25. The Kier molecular flexibility index (Phi) is 6.51. The van der Waals surface area contributed by atoms with Crippen molar-refractivity contribution in [2.45, 2.75) is 26.4 Å². The summed E-state index contributed by atoms with van der Waals surface area (Å²) in [7, 11) is 1.64. The number of aromatic hydroxyl groups is 1. The van der Waals surface area contributed by atoms with Crippen LogP contribution in [0.3, 0.4) is 0 Å². The smallest absolute Gasteiger partial charge is 0.259 e. The highest BCUT2D eigenvalue weighted by molar-refractivity contribution is 5.47. The second-order valence-corrected chi connectivity index (χ2v) is 8.17. The largest absolute Gasteiger partial charge is 0.507 e. The summed E-state index contributed by atoms with van der Waals surface area (Å²) in [4.78, 5) is 18.1. The fraction of sp³-hybridized carbons (Fsp3) is 0.346. The van der Waals surface area contributed by atoms with Crippen molar-refractivity contribution in [1.82, 2.24) is 9.47 Å². The fourth-order valence-corrected chi connectivity index (χ4v) is 4.64. The molecule has 168 valence electrons. The molecule has 0 bridgehead atoms. The van der Waals surface area contributed by atoms with E-state index >= 15 is 0 Å². The average Bonchev–Trinajstić information content (AvgIpc) is 2.83. The zero-order chi connectivity index (χ0) is 22.7. The molecule has 1 saturated heterocycles. The van der Waals surface area contributed by atoms with Crippen LogP contribution in [0.1, 0.15) is 29.8 Å². The standard InChI is InChI=1S/C26H31N3O3/c1-4-29-19(2)18-23(30)24(26(29)31)25(20-10-12-22(32-3)13-11-20)28-16-14-27(15-17-28)21-8-6-5-7-9-21/h5-13,18,25,30H,4,14-17H2,1-3H3. The van der Waals surface area contributed by atoms with Gasteiger partial charge in [0.05, 0.1) is 18.7 Å². The van der Waals surface area contributed by atoms with Crippen LogP contribution in [0.2, 0.25) is 0 Å². The highest BCUT2D eigenvalue weighted by Crippen LogP contribution is 2.34. The molecule has 1 aliphatic rings. The van der Waals surface area contributed by atoms with Crippen LogP contribution in [-0.4, -0.2) is 47.9 Å². The first-order valence-corrected chi connectivity index (χ1v) is 11.1. The summed E-state index contributed by atoms with van der Waals surface area (Å²) in [5, 5.41) is 10.9. The van der Waals surface area contributed by atoms with Crippen LogP contribution in [0.4, 0.5) is 5.69 Å². The van der Waals surface area contributed by atoms with Gasteiger partial charge in [0.1, 0.15) is 11.5 Å². The van der Waals surface area contributed by atoms with Gasteiger partial charge in [-0.1, -0.05) is 30.3 Å². The minimum Gasteiger partial charge on any atom is -0.507 e. The monoisotopic (exact) mass is 433 g/mol. The number of piperazine rings is 1. The van der Waals surface area contributed by atoms with Crippen molar-refractivity contribution in [3.63, 3.8) is 0 Å². The number of pyridine rings is 1. The van der Waals surface area contributed by atoms with Crippen LogP contribution in [0, 0.1) is 6.92 Å². The van der Waals surface area contributed by atoms with E-state index in [1.807, 2.05) is 44.2 Å². The number of nitrogens with zero attached hydrogens (tertiary/aromatic N) is 3. The number of aryl methyl sites for hydroxylation is 1. The lowest BCUT2D eigenvalue weighted by molar-refractivity contribution is 0.207. The van der Waals surface area contributed by atoms with E-state index in [1.165, 1.54) is 5.69 Å². The Labute approximate surface area is 189 Å². The van der Waals surface area contributed by atoms with Gasteiger partial charge in [-0.15, -0.1) is 0 Å². The Balaban J connectivity index is 1.72. The van der Waals surface area contributed by atoms with Crippen LogP contribution in [-0.2, 0) is 6.54 Å². The summed E-state index contributed by atoms with van der Waals surface area (Å²) >= 11 is 0. The molecule has 0 spiro atoms. The highest BCUT2D eigenvalue weighted by atomic mass is 16.5. The third-order valence-electron chi connectivity index (χ3n) is 6.34. The van der Waals surface area contributed by atoms with Crippen molar-refractivity contribution in [1.29, 1.82) is 0 Å². The van der Waals surface area contributed by atoms with E-state index in [1.54, 1.807) is 17.7 Å². The van der Waals surface area contributed by atoms with E-state index < -0.39 is 0 Å². The molecule has 1 fully saturated rings. The molecule has 0 radical (unpaired) electrons. The maximum Gasteiger partial charge on any atom is 0.259 e. The number of rotatable bonds is 6. The van der Waals surface area contributed by atoms with Crippen LogP contribution in [0.15, 0.2) is 65.5 Å². The first kappa shape index (κ1) is 22.0. The van der Waals surface area contributed by atoms with Crippen LogP contribution in [0.5, 0.6) is 11.5 Å². The van der Waals surface area contributed by atoms with Gasteiger partial charge in [-0.3, -0.25) is 9.69 Å². The van der Waals surface area contributed by atoms with E-state index in [4.69, 9.17) is 4.74 Å². The predicted molar refractivity (Wildman–Crippen MR) is 128 cm³/mol. The normalized spacial score (nSPS) is 15.5. The molecule has 2 aromatic carbocycles. The summed E-state index contributed by atoms with van der Waals surface area (Å²) in [6.07, 6.45) is 0. The molecule has 4 rings (SSSR count). The van der Waals surface area contributed by atoms with Gasteiger partial charge in [0.25, 0.3) is 5.56 Å². The number of aromatic nitrogens is 1. The SMILES string of the molecule is CCn1c(C)cc(O)c(C(c2ccc(OC)cc2)N2CCN(c3ccccc3)CC2)c1=O. The Bertz CT molecular complexity index is 1100. The van der Waals surface area contributed by atoms with E-state index in [0.717, 1.165) is 43.2 Å². The molecule has 1 aliphatic heterocycles. The lowest BCUT2D eigenvalue weighted by Gasteiger charge is -2.40. The molecule has 6 heteroatoms. The molecule has 6 nitrogen and oxygen atoms in total. The van der Waals surface area contributed by atoms with Crippen LogP contribution < -0.4 is 15.2 Å². The number of methoxy groups -OCH3 is 1. The molecule has 0 saturated carbocycles. The van der Waals surface area contributed by atoms with E-state index in [9.17, 15) is 9.90 Å². The zero-order valence-electron chi connectivity index (χ0n) is 19.0. The van der Waals surface area contributed by atoms with Gasteiger partial charge in [-0.25, -0.2) is 0 Å². The topological polar surface area (TPSA) is 57.9 Å². The highest BCUT2D eigenvalue weighted by Gasteiger charge is 2.31. The zero-order valence-corrected chi connectivity index (χ0v) is 19.0. The summed E-state index contributed by atoms with van der Waals surface area (Å²) < 4.78 is 7.06. The number of anilines is 1. The van der Waals surface area contributed by atoms with Crippen LogP contribution >= 0.6 is 0 Å². The molecule has 1 unspecified atom stereocenters. The minimum absolute atomic E-state index is 0.0588. The van der Waals surface area contributed by atoms with Crippen molar-refractivity contribution in [3.05, 3.63) is 87.8 Å². The second-order valence-electron chi connectivity index (χ2n) is 8.17. The first-order chi connectivity index (χ1) is 15.5. The lowest BCUT2D eigenvalue weighted by Crippen LogP contribution is -2.49. The van der Waals surface area contributed by atoms with Gasteiger partial charge in [0.15, 0.2) is 0 Å². The maximum atomic E-state index is 13.4. The van der Waals surface area contributed by atoms with Crippen molar-refractivity contribution < 1.29 is 9.84 Å². The summed E-state index contributed by atoms with van der Waals surface area (Å²) in [6.45, 7) is 7.65. The van der Waals surface area contributed by atoms with Crippen molar-refractivity contribution in [3.8, 4) is 11.5 Å². The summed E-state index contributed by atoms with van der Waals surface area (Å²) in [5.41, 5.74) is 3.26. The number of benzene rings is 2. The molecule has 3 aromatic rings. The average molecular weight is 434 g/mol. The van der Waals surface area contributed by atoms with Crippen molar-refractivity contribution in [2.24, 2.45) is 0 Å². The van der Waals surface area contributed by atoms with Gasteiger partial charge in [0, 0.05) is 44.1 Å². The Morgan fingerprint density at radius 1 is 1.00 bits per heavy atom. The quantitative estimate of drug-likeness (QED) is 0.641. The fourth-order valence-electron chi connectivity index (χ4n) is 4.64. The van der Waals surface area contributed by atoms with Gasteiger partial charge in [-0.05, 0) is 49.7 Å². The van der Waals surface area contributed by atoms with Crippen LogP contribution in [0.25, 0.3) is 0 Å². The van der Waals surface area contributed by atoms with Gasteiger partial charge in [-0.2, -0.15) is 0 Å². The van der Waals surface area contributed by atoms with Gasteiger partial charge in [0.2, 0.25) is 0 Å². The molecule has 2 heterocycles. The number of para-hydroxylation sites is 1. The molecular formula is C26H31N3O3. The van der Waals surface area contributed by atoms with Crippen molar-refractivity contribution >= 4 is 5.69 Å². The molecule has 0 amide bonds. The predicted octanol–water partition coefficient (Wildman–Crippen LogP) is 3.80.